The van der Waals surface area contributed by atoms with Gasteiger partial charge in [-0.05, 0) is 6.92 Å². The monoisotopic (exact) mass is 263 g/mol. The van der Waals surface area contributed by atoms with Crippen LogP contribution in [0.25, 0.3) is 0 Å². The molecule has 0 spiro atoms. The predicted molar refractivity (Wildman–Crippen MR) is 75.1 cm³/mol. The number of hydrogen-bond acceptors (Lipinski definition) is 6. The highest BCUT2D eigenvalue weighted by Gasteiger charge is 2.09. The fourth-order valence-electron chi connectivity index (χ4n) is 1.64. The minimum atomic E-state index is 0.688. The molecule has 2 aromatic heterocycles. The summed E-state index contributed by atoms with van der Waals surface area (Å²) in [5.74, 6) is 2.59. The molecule has 0 aliphatic carbocycles. The number of thiazole rings is 1. The Hall–Kier alpha value is -1.69. The van der Waals surface area contributed by atoms with Gasteiger partial charge in [-0.15, -0.1) is 11.3 Å². The zero-order chi connectivity index (χ0) is 13.0. The third-order valence-electron chi connectivity index (χ3n) is 2.67. The largest absolute Gasteiger partial charge is 0.373 e. The lowest BCUT2D eigenvalue weighted by Gasteiger charge is -2.12. The van der Waals surface area contributed by atoms with E-state index in [0.29, 0.717) is 6.54 Å². The van der Waals surface area contributed by atoms with Crippen LogP contribution in [0.2, 0.25) is 0 Å². The van der Waals surface area contributed by atoms with Crippen molar-refractivity contribution in [3.05, 3.63) is 28.0 Å². The molecule has 0 saturated heterocycles. The molecule has 0 atom stereocenters. The second-order valence-corrected chi connectivity index (χ2v) is 4.62. The number of nitrogens with one attached hydrogen (secondary N) is 2. The van der Waals surface area contributed by atoms with E-state index in [0.717, 1.165) is 35.1 Å². The molecule has 0 aromatic carbocycles. The van der Waals surface area contributed by atoms with E-state index in [4.69, 9.17) is 0 Å². The average molecular weight is 263 g/mol. The third kappa shape index (κ3) is 2.76. The van der Waals surface area contributed by atoms with Crippen molar-refractivity contribution in [2.45, 2.75) is 26.8 Å². The molecule has 0 unspecified atom stereocenters. The van der Waals surface area contributed by atoms with Crippen LogP contribution < -0.4 is 10.6 Å². The molecule has 2 heterocycles. The van der Waals surface area contributed by atoms with Crippen molar-refractivity contribution in [1.29, 1.82) is 0 Å². The fourth-order valence-corrected chi connectivity index (χ4v) is 2.19. The molecule has 0 bridgehead atoms. The summed E-state index contributed by atoms with van der Waals surface area (Å²) < 4.78 is 0. The average Bonchev–Trinajstić information content (AvgIpc) is 2.90. The van der Waals surface area contributed by atoms with Gasteiger partial charge in [0.15, 0.2) is 0 Å². The van der Waals surface area contributed by atoms with Gasteiger partial charge >= 0.3 is 0 Å². The molecule has 0 radical (unpaired) electrons. The summed E-state index contributed by atoms with van der Waals surface area (Å²) in [6.07, 6.45) is 0.820. The van der Waals surface area contributed by atoms with Gasteiger partial charge in [0.2, 0.25) is 0 Å². The van der Waals surface area contributed by atoms with Crippen LogP contribution in [0.4, 0.5) is 11.6 Å². The summed E-state index contributed by atoms with van der Waals surface area (Å²) in [5, 5.41) is 8.45. The summed E-state index contributed by atoms with van der Waals surface area (Å²) in [7, 11) is 1.87. The van der Waals surface area contributed by atoms with Crippen LogP contribution in [0.1, 0.15) is 24.0 Å². The summed E-state index contributed by atoms with van der Waals surface area (Å²) in [6.45, 7) is 4.75. The normalized spacial score (nSPS) is 10.4. The lowest BCUT2D eigenvalue weighted by molar-refractivity contribution is 0.921. The van der Waals surface area contributed by atoms with Gasteiger partial charge in [-0.3, -0.25) is 0 Å². The van der Waals surface area contributed by atoms with Gasteiger partial charge in [-0.1, -0.05) is 6.92 Å². The van der Waals surface area contributed by atoms with Crippen LogP contribution in [-0.4, -0.2) is 22.0 Å². The Kier molecular flexibility index (Phi) is 4.09. The maximum absolute atomic E-state index is 4.51. The Bertz CT molecular complexity index is 509. The first-order valence-electron chi connectivity index (χ1n) is 5.90. The van der Waals surface area contributed by atoms with Gasteiger partial charge in [0.25, 0.3) is 0 Å². The number of hydrogen-bond donors (Lipinski definition) is 2. The van der Waals surface area contributed by atoms with Crippen molar-refractivity contribution in [3.8, 4) is 0 Å². The molecule has 18 heavy (non-hydrogen) atoms. The van der Waals surface area contributed by atoms with Gasteiger partial charge in [0, 0.05) is 24.4 Å². The smallest absolute Gasteiger partial charge is 0.135 e. The molecule has 2 N–H and O–H groups in total. The van der Waals surface area contributed by atoms with Crippen LogP contribution in [0.15, 0.2) is 10.9 Å². The Morgan fingerprint density at radius 2 is 2.06 bits per heavy atom. The SMILES string of the molecule is CCc1nc(NC)c(C)c(NCc2cscn2)n1. The molecule has 96 valence electrons. The highest BCUT2D eigenvalue weighted by molar-refractivity contribution is 7.07. The second kappa shape index (κ2) is 5.77. The lowest BCUT2D eigenvalue weighted by Crippen LogP contribution is -2.09. The number of nitrogens with zero attached hydrogens (tertiary/aromatic N) is 3. The van der Waals surface area contributed by atoms with Gasteiger partial charge in [-0.2, -0.15) is 0 Å². The Morgan fingerprint density at radius 1 is 1.28 bits per heavy atom. The topological polar surface area (TPSA) is 62.7 Å². The highest BCUT2D eigenvalue weighted by Crippen LogP contribution is 2.20. The van der Waals surface area contributed by atoms with Crippen molar-refractivity contribution in [3.63, 3.8) is 0 Å². The maximum Gasteiger partial charge on any atom is 0.135 e. The standard InChI is InChI=1S/C12H17N5S/c1-4-10-16-11(13-3)8(2)12(17-10)14-5-9-6-18-7-15-9/h6-7H,4-5H2,1-3H3,(H2,13,14,16,17). The second-order valence-electron chi connectivity index (χ2n) is 3.90. The summed E-state index contributed by atoms with van der Waals surface area (Å²) in [6, 6.07) is 0. The maximum atomic E-state index is 4.51. The van der Waals surface area contributed by atoms with E-state index < -0.39 is 0 Å². The van der Waals surface area contributed by atoms with Crippen molar-refractivity contribution in [1.82, 2.24) is 15.0 Å². The zero-order valence-corrected chi connectivity index (χ0v) is 11.6. The molecule has 6 heteroatoms. The van der Waals surface area contributed by atoms with Gasteiger partial charge in [-0.25, -0.2) is 15.0 Å². The van der Waals surface area contributed by atoms with E-state index in [9.17, 15) is 0 Å². The number of rotatable bonds is 5. The summed E-state index contributed by atoms with van der Waals surface area (Å²) >= 11 is 1.60. The van der Waals surface area contributed by atoms with E-state index in [-0.39, 0.29) is 0 Å². The summed E-state index contributed by atoms with van der Waals surface area (Å²) in [5.41, 5.74) is 3.90. The molecule has 0 fully saturated rings. The first-order chi connectivity index (χ1) is 8.74. The molecule has 2 aromatic rings. The third-order valence-corrected chi connectivity index (χ3v) is 3.30. The highest BCUT2D eigenvalue weighted by atomic mass is 32.1. The van der Waals surface area contributed by atoms with Crippen LogP contribution >= 0.6 is 11.3 Å². The van der Waals surface area contributed by atoms with Crippen molar-refractivity contribution in [2.75, 3.05) is 17.7 Å². The number of anilines is 2. The minimum Gasteiger partial charge on any atom is -0.373 e. The van der Waals surface area contributed by atoms with E-state index in [1.165, 1.54) is 0 Å². The van der Waals surface area contributed by atoms with E-state index in [1.807, 2.05) is 31.8 Å². The van der Waals surface area contributed by atoms with E-state index in [2.05, 4.69) is 25.6 Å². The number of aromatic nitrogens is 3. The van der Waals surface area contributed by atoms with E-state index in [1.54, 1.807) is 11.3 Å². The summed E-state index contributed by atoms with van der Waals surface area (Å²) in [4.78, 5) is 13.2. The molecule has 2 rings (SSSR count). The van der Waals surface area contributed by atoms with Gasteiger partial charge in [0.1, 0.15) is 17.5 Å². The number of aryl methyl sites for hydroxylation is 1. The molecular formula is C12H17N5S. The van der Waals surface area contributed by atoms with Gasteiger partial charge < -0.3 is 10.6 Å². The Labute approximate surface area is 111 Å². The molecule has 0 aliphatic heterocycles. The molecule has 0 saturated carbocycles. The first kappa shape index (κ1) is 12.8. The van der Waals surface area contributed by atoms with Crippen molar-refractivity contribution >= 4 is 23.0 Å². The Morgan fingerprint density at radius 3 is 2.67 bits per heavy atom. The van der Waals surface area contributed by atoms with Crippen LogP contribution in [0, 0.1) is 6.92 Å². The molecule has 0 amide bonds. The fraction of sp³-hybridized carbons (Fsp3) is 0.417. The van der Waals surface area contributed by atoms with Crippen LogP contribution in [0.3, 0.4) is 0 Å². The van der Waals surface area contributed by atoms with E-state index >= 15 is 0 Å². The Balaban J connectivity index is 2.20. The zero-order valence-electron chi connectivity index (χ0n) is 10.8. The molecular weight excluding hydrogens is 246 g/mol. The van der Waals surface area contributed by atoms with Crippen molar-refractivity contribution in [2.24, 2.45) is 0 Å². The minimum absolute atomic E-state index is 0.688. The van der Waals surface area contributed by atoms with Gasteiger partial charge in [0.05, 0.1) is 17.7 Å². The molecule has 0 aliphatic rings. The molecule has 5 nitrogen and oxygen atoms in total. The predicted octanol–water partition coefficient (Wildman–Crippen LogP) is 2.46. The van der Waals surface area contributed by atoms with Crippen LogP contribution in [0.5, 0.6) is 0 Å². The van der Waals surface area contributed by atoms with Crippen molar-refractivity contribution < 1.29 is 0 Å². The first-order valence-corrected chi connectivity index (χ1v) is 6.85. The quantitative estimate of drug-likeness (QED) is 0.867. The van der Waals surface area contributed by atoms with Crippen LogP contribution in [-0.2, 0) is 13.0 Å². The lowest BCUT2D eigenvalue weighted by atomic mass is 10.3.